The third kappa shape index (κ3) is 3.29. The highest BCUT2D eigenvalue weighted by molar-refractivity contribution is 6.42. The summed E-state index contributed by atoms with van der Waals surface area (Å²) in [6.07, 6.45) is -4.54. The Bertz CT molecular complexity index is 644. The fraction of sp³-hybridized carbons (Fsp3) is 0.0769. The lowest BCUT2D eigenvalue weighted by atomic mass is 10.1. The number of nitrogen functional groups attached to an aromatic ring is 1. The summed E-state index contributed by atoms with van der Waals surface area (Å²) < 4.78 is 43.4. The Morgan fingerprint density at radius 2 is 1.50 bits per heavy atom. The first-order valence-electron chi connectivity index (χ1n) is 5.37. The van der Waals surface area contributed by atoms with Gasteiger partial charge in [-0.25, -0.2) is 0 Å². The first kappa shape index (κ1) is 14.8. The Labute approximate surface area is 122 Å². The summed E-state index contributed by atoms with van der Waals surface area (Å²) in [5, 5.41) is 0.572. The number of ether oxygens (including phenoxy) is 1. The molecule has 0 fully saturated rings. The molecule has 0 bridgehead atoms. The molecule has 0 radical (unpaired) electrons. The van der Waals surface area contributed by atoms with Crippen molar-refractivity contribution in [3.8, 4) is 11.5 Å². The van der Waals surface area contributed by atoms with Gasteiger partial charge >= 0.3 is 6.18 Å². The maximum Gasteiger partial charge on any atom is 0.418 e. The second-order valence-electron chi connectivity index (χ2n) is 3.92. The Hall–Kier alpha value is -1.59. The first-order valence-corrected chi connectivity index (χ1v) is 6.12. The van der Waals surface area contributed by atoms with E-state index in [0.29, 0.717) is 5.02 Å². The second kappa shape index (κ2) is 5.42. The van der Waals surface area contributed by atoms with E-state index in [9.17, 15) is 13.2 Å². The van der Waals surface area contributed by atoms with E-state index in [1.165, 1.54) is 24.3 Å². The van der Waals surface area contributed by atoms with Gasteiger partial charge in [-0.2, -0.15) is 13.2 Å². The van der Waals surface area contributed by atoms with Crippen molar-refractivity contribution in [2.24, 2.45) is 0 Å². The number of hydrogen-bond donors (Lipinski definition) is 1. The summed E-state index contributed by atoms with van der Waals surface area (Å²) in [5.74, 6) is 0.280. The fourth-order valence-corrected chi connectivity index (χ4v) is 1.81. The minimum atomic E-state index is -4.54. The van der Waals surface area contributed by atoms with Crippen LogP contribution in [-0.2, 0) is 6.18 Å². The van der Waals surface area contributed by atoms with Gasteiger partial charge in [-0.1, -0.05) is 23.2 Å². The van der Waals surface area contributed by atoms with Gasteiger partial charge in [-0.05, 0) is 30.3 Å². The van der Waals surface area contributed by atoms with Crippen LogP contribution in [0.2, 0.25) is 10.0 Å². The van der Waals surface area contributed by atoms with Gasteiger partial charge < -0.3 is 10.5 Å². The third-order valence-corrected chi connectivity index (χ3v) is 3.20. The van der Waals surface area contributed by atoms with E-state index in [-0.39, 0.29) is 22.2 Å². The van der Waals surface area contributed by atoms with Gasteiger partial charge in [0.2, 0.25) is 0 Å². The van der Waals surface area contributed by atoms with Crippen LogP contribution in [-0.4, -0.2) is 0 Å². The molecule has 0 aromatic heterocycles. The van der Waals surface area contributed by atoms with Crippen LogP contribution in [0.25, 0.3) is 0 Å². The molecular formula is C13H8Cl2F3NO. The molecule has 0 aliphatic carbocycles. The Morgan fingerprint density at radius 1 is 0.900 bits per heavy atom. The maximum absolute atomic E-state index is 12.7. The molecule has 2 nitrogen and oxygen atoms in total. The predicted molar refractivity (Wildman–Crippen MR) is 72.4 cm³/mol. The molecule has 20 heavy (non-hydrogen) atoms. The molecule has 0 saturated heterocycles. The second-order valence-corrected chi connectivity index (χ2v) is 4.74. The van der Waals surface area contributed by atoms with Gasteiger partial charge in [0, 0.05) is 11.8 Å². The lowest BCUT2D eigenvalue weighted by Gasteiger charge is -2.12. The van der Waals surface area contributed by atoms with Crippen LogP contribution in [0.3, 0.4) is 0 Å². The molecule has 2 rings (SSSR count). The molecular weight excluding hydrogens is 314 g/mol. The van der Waals surface area contributed by atoms with Crippen molar-refractivity contribution in [3.63, 3.8) is 0 Å². The van der Waals surface area contributed by atoms with E-state index in [4.69, 9.17) is 33.7 Å². The van der Waals surface area contributed by atoms with Crippen molar-refractivity contribution in [2.75, 3.05) is 5.73 Å². The molecule has 2 N–H and O–H groups in total. The van der Waals surface area contributed by atoms with Gasteiger partial charge in [-0.3, -0.25) is 0 Å². The van der Waals surface area contributed by atoms with Gasteiger partial charge in [-0.15, -0.1) is 0 Å². The van der Waals surface area contributed by atoms with E-state index in [1.807, 2.05) is 0 Å². The SMILES string of the molecule is Nc1ccc(Oc2ccc(Cl)c(Cl)c2)cc1C(F)(F)F. The number of rotatable bonds is 2. The molecule has 7 heteroatoms. The molecule has 0 aliphatic heterocycles. The van der Waals surface area contributed by atoms with E-state index in [2.05, 4.69) is 0 Å². The fourth-order valence-electron chi connectivity index (χ4n) is 1.52. The molecule has 0 spiro atoms. The van der Waals surface area contributed by atoms with Crippen LogP contribution in [0.4, 0.5) is 18.9 Å². The maximum atomic E-state index is 12.7. The smallest absolute Gasteiger partial charge is 0.418 e. The summed E-state index contributed by atoms with van der Waals surface area (Å²) in [5.41, 5.74) is 3.99. The topological polar surface area (TPSA) is 35.2 Å². The van der Waals surface area contributed by atoms with Crippen LogP contribution in [0, 0.1) is 0 Å². The lowest BCUT2D eigenvalue weighted by molar-refractivity contribution is -0.137. The molecule has 2 aromatic rings. The molecule has 0 atom stereocenters. The standard InChI is InChI=1S/C13H8Cl2F3NO/c14-10-3-1-8(6-11(10)15)20-7-2-4-12(19)9(5-7)13(16,17)18/h1-6H,19H2. The zero-order chi connectivity index (χ0) is 14.9. The number of halogens is 5. The van der Waals surface area contributed by atoms with Crippen LogP contribution in [0.1, 0.15) is 5.56 Å². The largest absolute Gasteiger partial charge is 0.457 e. The van der Waals surface area contributed by atoms with Crippen molar-refractivity contribution in [1.29, 1.82) is 0 Å². The average Bonchev–Trinajstić information content (AvgIpc) is 2.35. The Kier molecular flexibility index (Phi) is 4.01. The van der Waals surface area contributed by atoms with Crippen molar-refractivity contribution in [2.45, 2.75) is 6.18 Å². The predicted octanol–water partition coefficient (Wildman–Crippen LogP) is 5.39. The molecule has 0 aliphatic rings. The average molecular weight is 322 g/mol. The van der Waals surface area contributed by atoms with Gasteiger partial charge in [0.1, 0.15) is 11.5 Å². The van der Waals surface area contributed by atoms with Crippen molar-refractivity contribution in [1.82, 2.24) is 0 Å². The zero-order valence-electron chi connectivity index (χ0n) is 9.84. The summed E-state index contributed by atoms with van der Waals surface area (Å²) in [4.78, 5) is 0. The van der Waals surface area contributed by atoms with Crippen LogP contribution >= 0.6 is 23.2 Å². The van der Waals surface area contributed by atoms with E-state index >= 15 is 0 Å². The van der Waals surface area contributed by atoms with Crippen LogP contribution in [0.15, 0.2) is 36.4 Å². The van der Waals surface area contributed by atoms with E-state index in [1.54, 1.807) is 0 Å². The molecule has 106 valence electrons. The Morgan fingerprint density at radius 3 is 2.10 bits per heavy atom. The van der Waals surface area contributed by atoms with Gasteiger partial charge in [0.15, 0.2) is 0 Å². The first-order chi connectivity index (χ1) is 9.27. The molecule has 0 unspecified atom stereocenters. The molecule has 2 aromatic carbocycles. The normalized spacial score (nSPS) is 11.4. The van der Waals surface area contributed by atoms with Crippen molar-refractivity contribution < 1.29 is 17.9 Å². The molecule has 0 amide bonds. The highest BCUT2D eigenvalue weighted by Gasteiger charge is 2.33. The van der Waals surface area contributed by atoms with Gasteiger partial charge in [0.05, 0.1) is 15.6 Å². The monoisotopic (exact) mass is 321 g/mol. The summed E-state index contributed by atoms with van der Waals surface area (Å²) in [6, 6.07) is 7.70. The van der Waals surface area contributed by atoms with Crippen LogP contribution in [0.5, 0.6) is 11.5 Å². The summed E-state index contributed by atoms with van der Waals surface area (Å²) >= 11 is 11.5. The zero-order valence-corrected chi connectivity index (χ0v) is 11.4. The highest BCUT2D eigenvalue weighted by Crippen LogP contribution is 2.37. The quantitative estimate of drug-likeness (QED) is 0.753. The Balaban J connectivity index is 2.32. The summed E-state index contributed by atoms with van der Waals surface area (Å²) in [7, 11) is 0. The van der Waals surface area contributed by atoms with Crippen molar-refractivity contribution >= 4 is 28.9 Å². The van der Waals surface area contributed by atoms with Crippen molar-refractivity contribution in [3.05, 3.63) is 52.0 Å². The van der Waals surface area contributed by atoms with E-state index < -0.39 is 11.7 Å². The number of benzene rings is 2. The number of alkyl halides is 3. The van der Waals surface area contributed by atoms with Gasteiger partial charge in [0.25, 0.3) is 0 Å². The number of nitrogens with two attached hydrogens (primary N) is 1. The van der Waals surface area contributed by atoms with E-state index in [0.717, 1.165) is 12.1 Å². The minimum Gasteiger partial charge on any atom is -0.457 e. The minimum absolute atomic E-state index is 0.00455. The van der Waals surface area contributed by atoms with Crippen LogP contribution < -0.4 is 10.5 Å². The molecule has 0 heterocycles. The molecule has 0 saturated carbocycles. The lowest BCUT2D eigenvalue weighted by Crippen LogP contribution is -2.08. The third-order valence-electron chi connectivity index (χ3n) is 2.46. The summed E-state index contributed by atoms with van der Waals surface area (Å²) in [6.45, 7) is 0. The highest BCUT2D eigenvalue weighted by atomic mass is 35.5. The number of hydrogen-bond acceptors (Lipinski definition) is 2. The number of anilines is 1.